The molecule has 1 aromatic carbocycles. The monoisotopic (exact) mass is 315 g/mol. The first kappa shape index (κ1) is 14.9. The predicted molar refractivity (Wildman–Crippen MR) is 75.1 cm³/mol. The molecule has 6 heteroatoms. The molecule has 0 spiro atoms. The lowest BCUT2D eigenvalue weighted by Crippen LogP contribution is -2.40. The topological polar surface area (TPSA) is 46.2 Å². The lowest BCUT2D eigenvalue weighted by Gasteiger charge is -2.28. The van der Waals surface area contributed by atoms with E-state index >= 15 is 0 Å². The van der Waals surface area contributed by atoms with Crippen LogP contribution in [0.1, 0.15) is 32.6 Å². The van der Waals surface area contributed by atoms with Crippen molar-refractivity contribution in [2.75, 3.05) is 0 Å². The fourth-order valence-corrected chi connectivity index (χ4v) is 5.35. The summed E-state index contributed by atoms with van der Waals surface area (Å²) in [7, 11) is -3.95. The molecule has 0 saturated heterocycles. The third kappa shape index (κ3) is 2.83. The number of hydrogen-bond donors (Lipinski definition) is 1. The van der Waals surface area contributed by atoms with Crippen LogP contribution in [-0.2, 0) is 10.0 Å². The van der Waals surface area contributed by atoms with E-state index in [2.05, 4.69) is 4.72 Å². The maximum atomic E-state index is 13.7. The molecule has 4 atom stereocenters. The second kappa shape index (κ2) is 5.32. The highest BCUT2D eigenvalue weighted by atomic mass is 32.2. The van der Waals surface area contributed by atoms with E-state index < -0.39 is 26.6 Å². The zero-order valence-electron chi connectivity index (χ0n) is 11.9. The molecular weight excluding hydrogens is 296 g/mol. The molecule has 2 aliphatic rings. The van der Waals surface area contributed by atoms with Crippen LogP contribution in [0.4, 0.5) is 8.78 Å². The Kier molecular flexibility index (Phi) is 3.78. The minimum Gasteiger partial charge on any atom is -0.208 e. The standard InChI is InChI=1S/C15H19F2NO2S/c1-9(13-7-10-2-3-11(13)6-10)18-21(19,20)15-5-4-12(16)8-14(15)17/h4-5,8-11,13,18H,2-3,6-7H2,1H3/t9-,10+,11-,13+/m0/s1. The molecule has 3 nitrogen and oxygen atoms in total. The summed E-state index contributed by atoms with van der Waals surface area (Å²) >= 11 is 0. The molecule has 2 aliphatic carbocycles. The number of rotatable bonds is 4. The number of halogens is 2. The number of nitrogens with one attached hydrogen (secondary N) is 1. The molecule has 3 rings (SSSR count). The lowest BCUT2D eigenvalue weighted by molar-refractivity contribution is 0.280. The van der Waals surface area contributed by atoms with Gasteiger partial charge in [0.25, 0.3) is 0 Å². The summed E-state index contributed by atoms with van der Waals surface area (Å²) in [5.41, 5.74) is 0. The molecule has 2 bridgehead atoms. The maximum absolute atomic E-state index is 13.7. The Balaban J connectivity index is 1.76. The quantitative estimate of drug-likeness (QED) is 0.928. The average Bonchev–Trinajstić information content (AvgIpc) is 2.99. The Morgan fingerprint density at radius 2 is 2.00 bits per heavy atom. The molecule has 0 radical (unpaired) electrons. The minimum absolute atomic E-state index is 0.227. The molecule has 0 amide bonds. The first-order valence-corrected chi connectivity index (χ1v) is 8.82. The van der Waals surface area contributed by atoms with Crippen LogP contribution in [0.3, 0.4) is 0 Å². The van der Waals surface area contributed by atoms with E-state index in [1.165, 1.54) is 12.8 Å². The number of fused-ring (bicyclic) bond motifs is 2. The normalized spacial score (nSPS) is 29.8. The Labute approximate surface area is 123 Å². The van der Waals surface area contributed by atoms with Crippen molar-refractivity contribution < 1.29 is 17.2 Å². The van der Waals surface area contributed by atoms with Crippen LogP contribution in [0.15, 0.2) is 23.1 Å². The Morgan fingerprint density at radius 1 is 1.24 bits per heavy atom. The van der Waals surface area contributed by atoms with E-state index in [-0.39, 0.29) is 6.04 Å². The van der Waals surface area contributed by atoms with Gasteiger partial charge in [-0.15, -0.1) is 0 Å². The van der Waals surface area contributed by atoms with Crippen molar-refractivity contribution in [2.24, 2.45) is 17.8 Å². The molecule has 2 fully saturated rings. The lowest BCUT2D eigenvalue weighted by atomic mass is 9.84. The van der Waals surface area contributed by atoms with Gasteiger partial charge in [0.1, 0.15) is 16.5 Å². The van der Waals surface area contributed by atoms with E-state index in [1.54, 1.807) is 0 Å². The first-order valence-electron chi connectivity index (χ1n) is 7.34. The maximum Gasteiger partial charge on any atom is 0.243 e. The van der Waals surface area contributed by atoms with Crippen LogP contribution in [0.2, 0.25) is 0 Å². The third-order valence-electron chi connectivity index (χ3n) is 4.96. The van der Waals surface area contributed by atoms with Crippen LogP contribution in [0.5, 0.6) is 0 Å². The van der Waals surface area contributed by atoms with Gasteiger partial charge < -0.3 is 0 Å². The summed E-state index contributed by atoms with van der Waals surface area (Å²) in [5.74, 6) is -0.224. The zero-order chi connectivity index (χ0) is 15.2. The highest BCUT2D eigenvalue weighted by Crippen LogP contribution is 2.49. The molecule has 0 aromatic heterocycles. The predicted octanol–water partition coefficient (Wildman–Crippen LogP) is 3.07. The van der Waals surface area contributed by atoms with E-state index in [0.29, 0.717) is 17.9 Å². The summed E-state index contributed by atoms with van der Waals surface area (Å²) in [6, 6.07) is 2.30. The minimum atomic E-state index is -3.95. The summed E-state index contributed by atoms with van der Waals surface area (Å²) in [5, 5.41) is 0. The number of hydrogen-bond acceptors (Lipinski definition) is 2. The largest absolute Gasteiger partial charge is 0.243 e. The summed E-state index contributed by atoms with van der Waals surface area (Å²) in [4.78, 5) is -0.487. The molecule has 1 N–H and O–H groups in total. The number of sulfonamides is 1. The fourth-order valence-electron chi connectivity index (χ4n) is 4.00. The van der Waals surface area contributed by atoms with Gasteiger partial charge in [-0.05, 0) is 56.1 Å². The van der Waals surface area contributed by atoms with E-state index in [4.69, 9.17) is 0 Å². The van der Waals surface area contributed by atoms with Crippen LogP contribution in [-0.4, -0.2) is 14.5 Å². The van der Waals surface area contributed by atoms with E-state index in [1.807, 2.05) is 6.92 Å². The summed E-state index contributed by atoms with van der Waals surface area (Å²) < 4.78 is 53.7. The van der Waals surface area contributed by atoms with Crippen LogP contribution >= 0.6 is 0 Å². The molecule has 0 heterocycles. The number of benzene rings is 1. The van der Waals surface area contributed by atoms with Crippen molar-refractivity contribution in [1.82, 2.24) is 4.72 Å². The Bertz CT molecular complexity index is 647. The van der Waals surface area contributed by atoms with Gasteiger partial charge in [0.05, 0.1) is 0 Å². The summed E-state index contributed by atoms with van der Waals surface area (Å²) in [6.45, 7) is 1.84. The highest BCUT2D eigenvalue weighted by Gasteiger charge is 2.42. The van der Waals surface area contributed by atoms with Crippen LogP contribution < -0.4 is 4.72 Å². The second-order valence-corrected chi connectivity index (χ2v) is 8.01. The molecule has 0 aliphatic heterocycles. The van der Waals surface area contributed by atoms with E-state index in [9.17, 15) is 17.2 Å². The van der Waals surface area contributed by atoms with Gasteiger partial charge in [0, 0.05) is 12.1 Å². The first-order chi connectivity index (χ1) is 9.87. The van der Waals surface area contributed by atoms with Gasteiger partial charge >= 0.3 is 0 Å². The van der Waals surface area contributed by atoms with Crippen molar-refractivity contribution in [3.63, 3.8) is 0 Å². The zero-order valence-corrected chi connectivity index (χ0v) is 12.7. The van der Waals surface area contributed by atoms with Crippen LogP contribution in [0.25, 0.3) is 0 Å². The van der Waals surface area contributed by atoms with Crippen molar-refractivity contribution in [2.45, 2.75) is 43.5 Å². The van der Waals surface area contributed by atoms with Crippen molar-refractivity contribution >= 4 is 10.0 Å². The highest BCUT2D eigenvalue weighted by molar-refractivity contribution is 7.89. The smallest absolute Gasteiger partial charge is 0.208 e. The summed E-state index contributed by atoms with van der Waals surface area (Å²) in [6.07, 6.45) is 4.63. The van der Waals surface area contributed by atoms with Gasteiger partial charge in [-0.25, -0.2) is 21.9 Å². The van der Waals surface area contributed by atoms with Gasteiger partial charge in [-0.2, -0.15) is 0 Å². The van der Waals surface area contributed by atoms with Crippen molar-refractivity contribution in [3.8, 4) is 0 Å². The SMILES string of the molecule is C[C@H](NS(=O)(=O)c1ccc(F)cc1F)[C@H]1C[C@@H]2CC[C@H]1C2. The molecule has 21 heavy (non-hydrogen) atoms. The molecule has 1 aromatic rings. The van der Waals surface area contributed by atoms with Gasteiger partial charge in [0.15, 0.2) is 0 Å². The Morgan fingerprint density at radius 3 is 2.57 bits per heavy atom. The molecule has 0 unspecified atom stereocenters. The Hall–Kier alpha value is -1.01. The van der Waals surface area contributed by atoms with Crippen LogP contribution in [0, 0.1) is 29.4 Å². The second-order valence-electron chi connectivity index (χ2n) is 6.32. The fraction of sp³-hybridized carbons (Fsp3) is 0.600. The average molecular weight is 315 g/mol. The van der Waals surface area contributed by atoms with Crippen molar-refractivity contribution in [1.29, 1.82) is 0 Å². The van der Waals surface area contributed by atoms with Gasteiger partial charge in [-0.1, -0.05) is 6.42 Å². The third-order valence-corrected chi connectivity index (χ3v) is 6.55. The molecular formula is C15H19F2NO2S. The van der Waals surface area contributed by atoms with Gasteiger partial charge in [-0.3, -0.25) is 0 Å². The molecule has 2 saturated carbocycles. The van der Waals surface area contributed by atoms with Crippen molar-refractivity contribution in [3.05, 3.63) is 29.8 Å². The van der Waals surface area contributed by atoms with E-state index in [0.717, 1.165) is 30.9 Å². The molecule has 116 valence electrons. The van der Waals surface area contributed by atoms with Gasteiger partial charge in [0.2, 0.25) is 10.0 Å².